The van der Waals surface area contributed by atoms with Gasteiger partial charge in [0, 0.05) is 10.8 Å². The van der Waals surface area contributed by atoms with E-state index in [4.69, 9.17) is 8.74 Å². The maximum absolute atomic E-state index is 11.2. The van der Waals surface area contributed by atoms with Crippen molar-refractivity contribution in [3.05, 3.63) is 130 Å². The molecule has 4 N–H and O–H groups in total. The van der Waals surface area contributed by atoms with Gasteiger partial charge in [0.05, 0.1) is 18.3 Å². The van der Waals surface area contributed by atoms with Crippen LogP contribution in [0, 0.1) is 10.8 Å². The summed E-state index contributed by atoms with van der Waals surface area (Å²) in [5, 5.41) is 31.3. The first-order valence-corrected chi connectivity index (χ1v) is 17.7. The summed E-state index contributed by atoms with van der Waals surface area (Å²) >= 11 is 0. The largest absolute Gasteiger partial charge is 0.397 e. The number of hydrogen-bond acceptors (Lipinski definition) is 6. The van der Waals surface area contributed by atoms with E-state index in [-0.39, 0.29) is 6.42 Å². The second kappa shape index (κ2) is 17.5. The van der Waals surface area contributed by atoms with Gasteiger partial charge in [-0.2, -0.15) is 8.42 Å². The van der Waals surface area contributed by atoms with Gasteiger partial charge >= 0.3 is 10.4 Å². The van der Waals surface area contributed by atoms with Crippen molar-refractivity contribution in [2.75, 3.05) is 0 Å². The van der Waals surface area contributed by atoms with Gasteiger partial charge in [0.25, 0.3) is 0 Å². The summed E-state index contributed by atoms with van der Waals surface area (Å²) in [6, 6.07) is 0. The van der Waals surface area contributed by atoms with E-state index >= 15 is 0 Å². The van der Waals surface area contributed by atoms with Gasteiger partial charge in [-0.3, -0.25) is 4.55 Å². The molecule has 0 spiro atoms. The van der Waals surface area contributed by atoms with Gasteiger partial charge in [0.15, 0.2) is 0 Å². The highest BCUT2D eigenvalue weighted by Crippen LogP contribution is 2.43. The molecule has 0 fully saturated rings. The third-order valence-corrected chi connectivity index (χ3v) is 9.55. The monoisotopic (exact) mass is 680 g/mol. The molecule has 0 saturated carbocycles. The zero-order valence-corrected chi connectivity index (χ0v) is 31.0. The maximum Gasteiger partial charge on any atom is 0.397 e. The molecule has 2 rings (SSSR count). The Kier molecular flexibility index (Phi) is 15.0. The predicted octanol–water partition coefficient (Wildman–Crippen LogP) is 8.32. The van der Waals surface area contributed by atoms with Crippen molar-refractivity contribution >= 4 is 10.4 Å². The van der Waals surface area contributed by atoms with Crippen LogP contribution in [0.1, 0.15) is 82.1 Å². The molecule has 264 valence electrons. The Morgan fingerprint density at radius 1 is 0.646 bits per heavy atom. The Hall–Kier alpha value is -3.11. The number of aliphatic hydroxyl groups excluding tert-OH is 3. The second-order valence-electron chi connectivity index (χ2n) is 14.2. The van der Waals surface area contributed by atoms with E-state index in [9.17, 15) is 23.7 Å². The number of hydrogen-bond donors (Lipinski definition) is 4. The summed E-state index contributed by atoms with van der Waals surface area (Å²) in [5.41, 5.74) is 6.97. The number of rotatable bonds is 12. The minimum atomic E-state index is -4.67. The van der Waals surface area contributed by atoms with E-state index < -0.39 is 45.6 Å². The van der Waals surface area contributed by atoms with Crippen LogP contribution < -0.4 is 0 Å². The third kappa shape index (κ3) is 12.1. The first kappa shape index (κ1) is 41.1. The highest BCUT2D eigenvalue weighted by atomic mass is 32.3. The van der Waals surface area contributed by atoms with Crippen molar-refractivity contribution < 1.29 is 32.5 Å². The van der Waals surface area contributed by atoms with Gasteiger partial charge in [0.1, 0.15) is 6.10 Å². The maximum atomic E-state index is 11.2. The Labute approximate surface area is 289 Å². The molecule has 0 aliphatic heterocycles. The molecule has 7 nitrogen and oxygen atoms in total. The van der Waals surface area contributed by atoms with Crippen molar-refractivity contribution in [1.29, 1.82) is 0 Å². The lowest BCUT2D eigenvalue weighted by Gasteiger charge is -2.41. The first-order valence-electron chi connectivity index (χ1n) is 16.3. The Morgan fingerprint density at radius 2 is 1.02 bits per heavy atom. The summed E-state index contributed by atoms with van der Waals surface area (Å²) in [6.07, 6.45) is 25.2. The summed E-state index contributed by atoms with van der Waals surface area (Å²) < 4.78 is 36.2. The molecule has 8 heteroatoms. The normalized spacial score (nSPS) is 26.9. The fraction of sp³-hybridized carbons (Fsp3) is 0.450. The molecule has 0 unspecified atom stereocenters. The average molecular weight is 681 g/mol. The Bertz CT molecular complexity index is 1620. The standard InChI is InChI=1S/C40H56O7S/c1-27(17-13-19-29(3)21-23-33-31(5)25-35(41)37(42)39(33,7)8)15-11-12-16-28(2)18-14-20-30(4)22-24-34-32(6)26-36(47-48(44,45)46)38(43)40(34,9)10/h11-24,35-38,41-43H,25-26H2,1-10H3,(H,44,45,46)/b12-11+,17-13+,18-14+,23-21+,24-22+,27-15+,28-16+,29-19+,30-20+/t35-,36-,37+,38+/m1/s1. The molecule has 2 aliphatic rings. The molecule has 0 radical (unpaired) electrons. The van der Waals surface area contributed by atoms with Crippen LogP contribution in [0.25, 0.3) is 0 Å². The smallest absolute Gasteiger partial charge is 0.390 e. The number of allylic oxidation sites excluding steroid dienone is 18. The van der Waals surface area contributed by atoms with Crippen LogP contribution in [0.3, 0.4) is 0 Å². The topological polar surface area (TPSA) is 124 Å². The lowest BCUT2D eigenvalue weighted by molar-refractivity contribution is -0.0439. The zero-order chi connectivity index (χ0) is 36.4. The molecule has 0 heterocycles. The van der Waals surface area contributed by atoms with Crippen molar-refractivity contribution in [2.24, 2.45) is 10.8 Å². The molecule has 4 atom stereocenters. The zero-order valence-electron chi connectivity index (χ0n) is 30.2. The predicted molar refractivity (Wildman–Crippen MR) is 197 cm³/mol. The summed E-state index contributed by atoms with van der Waals surface area (Å²) in [4.78, 5) is 0. The molecule has 0 amide bonds. The SMILES string of the molecule is CC1=C(/C=C/C(C)=C/C=C/C(C)=C/C=C/C=C(C)/C=C/C=C(C)/C=C/C2=C(C)C[C@@H](OS(=O)(=O)O)[C@H](O)C2(C)C)C(C)(C)[C@@H](O)[C@H](O)C1. The molecule has 0 aromatic carbocycles. The molecule has 0 aromatic heterocycles. The minimum absolute atomic E-state index is 0.196. The molecule has 48 heavy (non-hydrogen) atoms. The summed E-state index contributed by atoms with van der Waals surface area (Å²) in [6.45, 7) is 19.6. The van der Waals surface area contributed by atoms with E-state index in [1.807, 2.05) is 148 Å². The van der Waals surface area contributed by atoms with E-state index in [1.54, 1.807) is 0 Å². The van der Waals surface area contributed by atoms with Gasteiger partial charge in [-0.25, -0.2) is 4.18 Å². The fourth-order valence-corrected chi connectivity index (χ4v) is 6.64. The van der Waals surface area contributed by atoms with Crippen LogP contribution in [0.4, 0.5) is 0 Å². The molecule has 2 aliphatic carbocycles. The van der Waals surface area contributed by atoms with Gasteiger partial charge in [-0.1, -0.05) is 146 Å². The van der Waals surface area contributed by atoms with E-state index in [2.05, 4.69) is 6.08 Å². The first-order chi connectivity index (χ1) is 22.2. The van der Waals surface area contributed by atoms with Gasteiger partial charge in [-0.05, 0) is 65.5 Å². The lowest BCUT2D eigenvalue weighted by atomic mass is 9.69. The van der Waals surface area contributed by atoms with Crippen molar-refractivity contribution in [3.8, 4) is 0 Å². The van der Waals surface area contributed by atoms with Gasteiger partial charge < -0.3 is 15.3 Å². The van der Waals surface area contributed by atoms with Crippen LogP contribution >= 0.6 is 0 Å². The molecule has 0 aromatic rings. The third-order valence-electron chi connectivity index (χ3n) is 9.06. The quantitative estimate of drug-likeness (QED) is 0.121. The number of aliphatic hydroxyl groups is 3. The van der Waals surface area contributed by atoms with Crippen molar-refractivity contribution in [2.45, 2.75) is 106 Å². The fourth-order valence-electron chi connectivity index (χ4n) is 6.15. The second-order valence-corrected chi connectivity index (χ2v) is 15.2. The van der Waals surface area contributed by atoms with Gasteiger partial charge in [0.2, 0.25) is 0 Å². The molecular weight excluding hydrogens is 625 g/mol. The Morgan fingerprint density at radius 3 is 1.46 bits per heavy atom. The van der Waals surface area contributed by atoms with Crippen molar-refractivity contribution in [1.82, 2.24) is 0 Å². The van der Waals surface area contributed by atoms with E-state index in [0.717, 1.165) is 44.6 Å². The molecular formula is C40H56O7S. The van der Waals surface area contributed by atoms with Crippen LogP contribution in [-0.2, 0) is 14.6 Å². The molecule has 0 saturated heterocycles. The van der Waals surface area contributed by atoms with Crippen LogP contribution in [0.15, 0.2) is 130 Å². The van der Waals surface area contributed by atoms with E-state index in [0.29, 0.717) is 6.42 Å². The van der Waals surface area contributed by atoms with Crippen LogP contribution in [0.5, 0.6) is 0 Å². The lowest BCUT2D eigenvalue weighted by Crippen LogP contribution is -2.46. The Balaban J connectivity index is 1.97. The van der Waals surface area contributed by atoms with Crippen LogP contribution in [-0.4, -0.2) is 52.7 Å². The van der Waals surface area contributed by atoms with Gasteiger partial charge in [-0.15, -0.1) is 0 Å². The average Bonchev–Trinajstić information content (AvgIpc) is 2.96. The van der Waals surface area contributed by atoms with Crippen molar-refractivity contribution in [3.63, 3.8) is 0 Å². The highest BCUT2D eigenvalue weighted by Gasteiger charge is 2.43. The summed E-state index contributed by atoms with van der Waals surface area (Å²) in [7, 11) is -4.67. The minimum Gasteiger partial charge on any atom is -0.390 e. The molecule has 0 bridgehead atoms. The van der Waals surface area contributed by atoms with E-state index in [1.165, 1.54) is 0 Å². The highest BCUT2D eigenvalue weighted by molar-refractivity contribution is 7.80. The van der Waals surface area contributed by atoms with Crippen LogP contribution in [0.2, 0.25) is 0 Å². The summed E-state index contributed by atoms with van der Waals surface area (Å²) in [5.74, 6) is 0.